The van der Waals surface area contributed by atoms with Crippen LogP contribution < -0.4 is 4.74 Å². The summed E-state index contributed by atoms with van der Waals surface area (Å²) in [6.45, 7) is 1.47. The van der Waals surface area contributed by atoms with Crippen LogP contribution in [0.5, 0.6) is 5.06 Å². The van der Waals surface area contributed by atoms with Crippen LogP contribution in [0.15, 0.2) is 5.51 Å². The quantitative estimate of drug-likeness (QED) is 0.738. The van der Waals surface area contributed by atoms with Crippen molar-refractivity contribution in [3.05, 3.63) is 11.2 Å². The molecule has 0 radical (unpaired) electrons. The van der Waals surface area contributed by atoms with Gasteiger partial charge in [-0.2, -0.15) is 0 Å². The zero-order valence-corrected chi connectivity index (χ0v) is 6.72. The molecule has 1 heterocycles. The Bertz CT molecular complexity index is 258. The number of carboxylic acid groups (broad SMARTS) is 1. The molecule has 0 aromatic carbocycles. The Morgan fingerprint density at radius 3 is 3.09 bits per heavy atom. The molecule has 0 bridgehead atoms. The fourth-order valence-corrected chi connectivity index (χ4v) is 1.21. The zero-order chi connectivity index (χ0) is 8.27. The largest absolute Gasteiger partial charge is 0.479 e. The van der Waals surface area contributed by atoms with Crippen LogP contribution in [0.2, 0.25) is 0 Å². The Labute approximate surface area is 67.5 Å². The summed E-state index contributed by atoms with van der Waals surface area (Å²) in [5, 5.41) is 8.84. The van der Waals surface area contributed by atoms with Crippen LogP contribution in [0.25, 0.3) is 0 Å². The molecule has 1 rings (SSSR count). The highest BCUT2D eigenvalue weighted by atomic mass is 32.1. The van der Waals surface area contributed by atoms with Gasteiger partial charge in [0.1, 0.15) is 0 Å². The lowest BCUT2D eigenvalue weighted by Crippen LogP contribution is -2.09. The number of aromatic nitrogens is 1. The SMILES string of the molecule is Cc1ncsc1OCC(=O)O. The lowest BCUT2D eigenvalue weighted by atomic mass is 10.5. The zero-order valence-electron chi connectivity index (χ0n) is 5.90. The number of aryl methyl sites for hydroxylation is 1. The molecule has 0 unspecified atom stereocenters. The number of aliphatic carboxylic acids is 1. The van der Waals surface area contributed by atoms with Crippen molar-refractivity contribution in [1.29, 1.82) is 0 Å². The summed E-state index contributed by atoms with van der Waals surface area (Å²) in [6.07, 6.45) is 0. The molecule has 11 heavy (non-hydrogen) atoms. The number of rotatable bonds is 3. The minimum absolute atomic E-state index is 0.303. The molecular formula is C6H7NO3S. The van der Waals surface area contributed by atoms with Crippen LogP contribution >= 0.6 is 11.3 Å². The molecule has 0 aliphatic rings. The Morgan fingerprint density at radius 1 is 1.91 bits per heavy atom. The van der Waals surface area contributed by atoms with E-state index in [-0.39, 0.29) is 6.61 Å². The lowest BCUT2D eigenvalue weighted by Gasteiger charge is -1.97. The van der Waals surface area contributed by atoms with Crippen molar-refractivity contribution in [3.8, 4) is 5.06 Å². The Kier molecular flexibility index (Phi) is 2.43. The molecule has 1 aromatic heterocycles. The molecule has 0 atom stereocenters. The van der Waals surface area contributed by atoms with E-state index in [0.29, 0.717) is 5.06 Å². The van der Waals surface area contributed by atoms with E-state index in [9.17, 15) is 4.79 Å². The fourth-order valence-electron chi connectivity index (χ4n) is 0.557. The first-order chi connectivity index (χ1) is 5.20. The second-order valence-corrected chi connectivity index (χ2v) is 2.72. The van der Waals surface area contributed by atoms with E-state index >= 15 is 0 Å². The summed E-state index contributed by atoms with van der Waals surface area (Å²) in [5.41, 5.74) is 2.35. The van der Waals surface area contributed by atoms with Crippen LogP contribution in [0, 0.1) is 6.92 Å². The summed E-state index contributed by atoms with van der Waals surface area (Å²) >= 11 is 1.29. The third-order valence-corrected chi connectivity index (χ3v) is 1.87. The van der Waals surface area contributed by atoms with E-state index in [1.807, 2.05) is 0 Å². The summed E-state index contributed by atoms with van der Waals surface area (Å²) < 4.78 is 4.89. The van der Waals surface area contributed by atoms with Gasteiger partial charge >= 0.3 is 5.97 Å². The molecule has 0 saturated carbocycles. The van der Waals surface area contributed by atoms with E-state index in [1.165, 1.54) is 11.3 Å². The molecule has 0 aliphatic carbocycles. The molecule has 60 valence electrons. The maximum atomic E-state index is 10.1. The summed E-state index contributed by atoms with van der Waals surface area (Å²) in [5.74, 6) is -0.974. The Balaban J connectivity index is 2.51. The van der Waals surface area contributed by atoms with Crippen molar-refractivity contribution in [1.82, 2.24) is 4.98 Å². The van der Waals surface area contributed by atoms with Gasteiger partial charge < -0.3 is 9.84 Å². The Hall–Kier alpha value is -1.10. The second-order valence-electron chi connectivity index (χ2n) is 1.91. The van der Waals surface area contributed by atoms with E-state index < -0.39 is 5.97 Å². The molecule has 0 amide bonds. The van der Waals surface area contributed by atoms with Crippen LogP contribution in [0.1, 0.15) is 5.69 Å². The number of carboxylic acids is 1. The fraction of sp³-hybridized carbons (Fsp3) is 0.333. The minimum atomic E-state index is -0.974. The van der Waals surface area contributed by atoms with Crippen LogP contribution in [0.3, 0.4) is 0 Å². The number of ether oxygens (including phenoxy) is 1. The van der Waals surface area contributed by atoms with Crippen LogP contribution in [-0.2, 0) is 4.79 Å². The van der Waals surface area contributed by atoms with Gasteiger partial charge in [-0.1, -0.05) is 11.3 Å². The molecule has 0 aliphatic heterocycles. The van der Waals surface area contributed by atoms with Crippen LogP contribution in [-0.4, -0.2) is 22.7 Å². The van der Waals surface area contributed by atoms with Crippen molar-refractivity contribution >= 4 is 17.3 Å². The molecule has 4 nitrogen and oxygen atoms in total. The van der Waals surface area contributed by atoms with Gasteiger partial charge in [0.05, 0.1) is 11.2 Å². The first-order valence-corrected chi connectivity index (χ1v) is 3.83. The molecule has 0 saturated heterocycles. The van der Waals surface area contributed by atoms with Crippen molar-refractivity contribution in [2.45, 2.75) is 6.92 Å². The number of nitrogens with zero attached hydrogens (tertiary/aromatic N) is 1. The second kappa shape index (κ2) is 3.34. The van der Waals surface area contributed by atoms with Gasteiger partial charge in [-0.05, 0) is 6.92 Å². The standard InChI is InChI=1S/C6H7NO3S/c1-4-6(11-3-7-4)10-2-5(8)9/h3H,2H2,1H3,(H,8,9). The predicted molar refractivity (Wildman–Crippen MR) is 40.0 cm³/mol. The van der Waals surface area contributed by atoms with Gasteiger partial charge in [0.15, 0.2) is 11.7 Å². The first kappa shape index (κ1) is 8.00. The van der Waals surface area contributed by atoms with Gasteiger partial charge in [-0.3, -0.25) is 0 Å². The smallest absolute Gasteiger partial charge is 0.341 e. The molecular weight excluding hydrogens is 166 g/mol. The minimum Gasteiger partial charge on any atom is -0.479 e. The highest BCUT2D eigenvalue weighted by Gasteiger charge is 2.03. The van der Waals surface area contributed by atoms with Gasteiger partial charge in [-0.25, -0.2) is 9.78 Å². The van der Waals surface area contributed by atoms with E-state index in [0.717, 1.165) is 5.69 Å². The third kappa shape index (κ3) is 2.19. The lowest BCUT2D eigenvalue weighted by molar-refractivity contribution is -0.139. The molecule has 1 aromatic rings. The van der Waals surface area contributed by atoms with Crippen molar-refractivity contribution in [3.63, 3.8) is 0 Å². The van der Waals surface area contributed by atoms with Crippen molar-refractivity contribution < 1.29 is 14.6 Å². The number of hydrogen-bond acceptors (Lipinski definition) is 4. The number of carbonyl (C=O) groups is 1. The summed E-state index contributed by atoms with van der Waals surface area (Å²) in [6, 6.07) is 0. The van der Waals surface area contributed by atoms with Gasteiger partial charge in [0.25, 0.3) is 0 Å². The van der Waals surface area contributed by atoms with Crippen molar-refractivity contribution in [2.24, 2.45) is 0 Å². The number of hydrogen-bond donors (Lipinski definition) is 1. The van der Waals surface area contributed by atoms with E-state index in [4.69, 9.17) is 9.84 Å². The maximum absolute atomic E-state index is 10.1. The summed E-state index contributed by atoms with van der Waals surface area (Å²) in [4.78, 5) is 14.0. The molecule has 0 spiro atoms. The monoisotopic (exact) mass is 173 g/mol. The Morgan fingerprint density at radius 2 is 2.64 bits per heavy atom. The highest BCUT2D eigenvalue weighted by molar-refractivity contribution is 7.11. The van der Waals surface area contributed by atoms with Crippen molar-refractivity contribution in [2.75, 3.05) is 6.61 Å². The average Bonchev–Trinajstić information content (AvgIpc) is 2.31. The topological polar surface area (TPSA) is 59.4 Å². The highest BCUT2D eigenvalue weighted by Crippen LogP contribution is 2.21. The number of thiazole rings is 1. The van der Waals surface area contributed by atoms with E-state index in [2.05, 4.69) is 4.98 Å². The molecule has 1 N–H and O–H groups in total. The third-order valence-electron chi connectivity index (χ3n) is 1.03. The predicted octanol–water partition coefficient (Wildman–Crippen LogP) is 0.915. The maximum Gasteiger partial charge on any atom is 0.341 e. The summed E-state index contributed by atoms with van der Waals surface area (Å²) in [7, 11) is 0. The van der Waals surface area contributed by atoms with Gasteiger partial charge in [0, 0.05) is 0 Å². The first-order valence-electron chi connectivity index (χ1n) is 2.95. The van der Waals surface area contributed by atoms with Crippen LogP contribution in [0.4, 0.5) is 0 Å². The molecule has 0 fully saturated rings. The molecule has 5 heteroatoms. The van der Waals surface area contributed by atoms with E-state index in [1.54, 1.807) is 12.4 Å². The average molecular weight is 173 g/mol. The van der Waals surface area contributed by atoms with Gasteiger partial charge in [0.2, 0.25) is 0 Å². The normalized spacial score (nSPS) is 9.55. The van der Waals surface area contributed by atoms with Gasteiger partial charge in [-0.15, -0.1) is 0 Å².